The molecule has 0 N–H and O–H groups in total. The van der Waals surface area contributed by atoms with Crippen molar-refractivity contribution < 1.29 is 45.3 Å². The van der Waals surface area contributed by atoms with Gasteiger partial charge < -0.3 is 18.9 Å². The van der Waals surface area contributed by atoms with Gasteiger partial charge in [-0.1, -0.05) is 27.2 Å². The molecule has 1 saturated heterocycles. The summed E-state index contributed by atoms with van der Waals surface area (Å²) in [7, 11) is 2.05. The van der Waals surface area contributed by atoms with Crippen LogP contribution in [0.15, 0.2) is 36.4 Å². The highest BCUT2D eigenvalue weighted by atomic mass is 31.0. The van der Waals surface area contributed by atoms with Crippen LogP contribution in [0.2, 0.25) is 0 Å². The van der Waals surface area contributed by atoms with Crippen molar-refractivity contribution in [2.45, 2.75) is 71.5 Å². The van der Waals surface area contributed by atoms with Gasteiger partial charge in [-0.05, 0) is 78.7 Å². The second-order valence-electron chi connectivity index (χ2n) is 10.9. The second-order valence-corrected chi connectivity index (χ2v) is 11.5. The first kappa shape index (κ1) is 33.9. The van der Waals surface area contributed by atoms with Gasteiger partial charge in [0.15, 0.2) is 17.5 Å². The van der Waals surface area contributed by atoms with Crippen LogP contribution in [0.25, 0.3) is 11.1 Å². The topological polar surface area (TPSA) is 36.9 Å². The highest BCUT2D eigenvalue weighted by Crippen LogP contribution is 2.45. The van der Waals surface area contributed by atoms with Gasteiger partial charge in [0.2, 0.25) is 0 Å². The second kappa shape index (κ2) is 14.9. The minimum atomic E-state index is -4.36. The van der Waals surface area contributed by atoms with E-state index in [0.717, 1.165) is 37.3 Å². The maximum atomic E-state index is 15.6. The van der Waals surface area contributed by atoms with Crippen molar-refractivity contribution in [3.8, 4) is 28.4 Å². The van der Waals surface area contributed by atoms with Gasteiger partial charge >= 0.3 is 6.11 Å². The molecule has 0 amide bonds. The molecule has 3 aromatic carbocycles. The summed E-state index contributed by atoms with van der Waals surface area (Å²) in [5.41, 5.74) is 0.277. The monoisotopic (exact) mass is 642 g/mol. The number of hydrogen-bond acceptors (Lipinski definition) is 4. The first-order valence-electron chi connectivity index (χ1n) is 14.8. The molecular formula is C33H37F6O4P. The minimum Gasteiger partial charge on any atom is -0.493 e. The summed E-state index contributed by atoms with van der Waals surface area (Å²) in [5.74, 6) is -6.34. The van der Waals surface area contributed by atoms with Crippen LogP contribution >= 0.6 is 9.24 Å². The molecule has 0 spiro atoms. The smallest absolute Gasteiger partial charge is 0.430 e. The lowest BCUT2D eigenvalue weighted by atomic mass is 9.90. The third kappa shape index (κ3) is 7.81. The average Bonchev–Trinajstić information content (AvgIpc) is 2.97. The van der Waals surface area contributed by atoms with Gasteiger partial charge in [0.25, 0.3) is 0 Å². The van der Waals surface area contributed by atoms with E-state index < -0.39 is 40.7 Å². The molecule has 1 aliphatic rings. The normalized spacial score (nSPS) is 17.0. The third-order valence-corrected chi connectivity index (χ3v) is 7.81. The molecule has 0 saturated carbocycles. The molecule has 4 nitrogen and oxygen atoms in total. The van der Waals surface area contributed by atoms with E-state index in [2.05, 4.69) is 11.7 Å². The molecule has 0 radical (unpaired) electrons. The third-order valence-electron chi connectivity index (χ3n) is 7.35. The first-order chi connectivity index (χ1) is 21.0. The number of alkyl halides is 2. The Balaban J connectivity index is 1.75. The van der Waals surface area contributed by atoms with Crippen molar-refractivity contribution in [1.82, 2.24) is 0 Å². The lowest BCUT2D eigenvalue weighted by Gasteiger charge is -2.30. The van der Waals surface area contributed by atoms with Gasteiger partial charge in [0, 0.05) is 12.1 Å². The summed E-state index contributed by atoms with van der Waals surface area (Å²) in [6.45, 7) is 7.36. The lowest BCUT2D eigenvalue weighted by molar-refractivity contribution is -0.186. The molecule has 240 valence electrons. The fraction of sp³-hybridized carbons (Fsp3) is 0.455. The molecule has 11 heteroatoms. The summed E-state index contributed by atoms with van der Waals surface area (Å²) in [4.78, 5) is 0. The Morgan fingerprint density at radius 3 is 1.93 bits per heavy atom. The largest absolute Gasteiger partial charge is 0.493 e. The molecule has 3 atom stereocenters. The summed E-state index contributed by atoms with van der Waals surface area (Å²) in [6, 6.07) is 6.40. The Morgan fingerprint density at radius 2 is 1.43 bits per heavy atom. The molecule has 0 aliphatic carbocycles. The van der Waals surface area contributed by atoms with Crippen LogP contribution in [0, 0.1) is 29.2 Å². The summed E-state index contributed by atoms with van der Waals surface area (Å²) < 4.78 is 109. The molecule has 0 aromatic heterocycles. The Bertz CT molecular complexity index is 1370. The van der Waals surface area contributed by atoms with Gasteiger partial charge in [-0.2, -0.15) is 8.78 Å². The minimum absolute atomic E-state index is 0.182. The molecule has 2 unspecified atom stereocenters. The molecule has 3 aromatic rings. The van der Waals surface area contributed by atoms with Crippen LogP contribution < -0.4 is 19.5 Å². The van der Waals surface area contributed by atoms with E-state index in [1.165, 1.54) is 6.07 Å². The van der Waals surface area contributed by atoms with Crippen LogP contribution in [0.1, 0.15) is 76.5 Å². The van der Waals surface area contributed by atoms with E-state index >= 15 is 13.2 Å². The zero-order valence-corrected chi connectivity index (χ0v) is 26.1. The van der Waals surface area contributed by atoms with Crippen molar-refractivity contribution in [3.63, 3.8) is 0 Å². The predicted octanol–water partition coefficient (Wildman–Crippen LogP) is 9.38. The standard InChI is InChI=1S/C33H37F6O4P/c1-4-7-19-8-9-26(42-18-19)20-13-27(40-10-5-2)30(28(14-20)41-11-6-3)21-12-23(34)31(29(44)15-21)33(38,39)43-22-16-24(35)32(37)25(36)17-22/h12-17,19,26H,4-11,18,44H2,1-3H3/t19?,26-/m0/s1. The SMILES string of the molecule is CCCOc1cc([C@@H]2CCC(CCC)CO2)cc(OCCC)c1-c1cc(F)c(C(F)(F)Oc2cc(F)c(F)c(F)c2)c(P)c1. The molecular weight excluding hydrogens is 605 g/mol. The van der Waals surface area contributed by atoms with Crippen molar-refractivity contribution in [2.24, 2.45) is 5.92 Å². The lowest BCUT2D eigenvalue weighted by Crippen LogP contribution is -2.29. The Kier molecular flexibility index (Phi) is 11.5. The zero-order valence-electron chi connectivity index (χ0n) is 25.0. The highest BCUT2D eigenvalue weighted by Gasteiger charge is 2.40. The zero-order chi connectivity index (χ0) is 32.0. The Hall–Kier alpha value is -2.97. The van der Waals surface area contributed by atoms with E-state index in [1.54, 1.807) is 0 Å². The van der Waals surface area contributed by atoms with Crippen molar-refractivity contribution >= 4 is 14.5 Å². The van der Waals surface area contributed by atoms with Gasteiger partial charge in [-0.3, -0.25) is 0 Å². The van der Waals surface area contributed by atoms with Crippen LogP contribution in [0.4, 0.5) is 26.3 Å². The summed E-state index contributed by atoms with van der Waals surface area (Å²) in [5, 5.41) is -0.280. The molecule has 1 heterocycles. The van der Waals surface area contributed by atoms with E-state index in [1.807, 2.05) is 35.2 Å². The van der Waals surface area contributed by atoms with E-state index in [0.29, 0.717) is 55.6 Å². The predicted molar refractivity (Wildman–Crippen MR) is 160 cm³/mol. The molecule has 4 rings (SSSR count). The van der Waals surface area contributed by atoms with E-state index in [4.69, 9.17) is 14.2 Å². The van der Waals surface area contributed by atoms with Crippen LogP contribution in [0.3, 0.4) is 0 Å². The maximum absolute atomic E-state index is 15.6. The number of hydrogen-bond donors (Lipinski definition) is 0. The fourth-order valence-electron chi connectivity index (χ4n) is 5.31. The van der Waals surface area contributed by atoms with E-state index in [9.17, 15) is 13.2 Å². The maximum Gasteiger partial charge on any atom is 0.430 e. The van der Waals surface area contributed by atoms with Gasteiger partial charge in [0.05, 0.1) is 31.5 Å². The number of ether oxygens (including phenoxy) is 4. The van der Waals surface area contributed by atoms with Gasteiger partial charge in [-0.15, -0.1) is 9.24 Å². The highest BCUT2D eigenvalue weighted by molar-refractivity contribution is 7.27. The average molecular weight is 643 g/mol. The molecule has 1 fully saturated rings. The van der Waals surface area contributed by atoms with Gasteiger partial charge in [0.1, 0.15) is 28.6 Å². The van der Waals surface area contributed by atoms with Crippen LogP contribution in [0.5, 0.6) is 17.2 Å². The molecule has 1 aliphatic heterocycles. The van der Waals surface area contributed by atoms with Crippen molar-refractivity contribution in [2.75, 3.05) is 19.8 Å². The number of halogens is 6. The number of rotatable bonds is 13. The number of benzene rings is 3. The summed E-state index contributed by atoms with van der Waals surface area (Å²) >= 11 is 0. The Morgan fingerprint density at radius 1 is 0.818 bits per heavy atom. The van der Waals surface area contributed by atoms with Gasteiger partial charge in [-0.25, -0.2) is 17.6 Å². The first-order valence-corrected chi connectivity index (χ1v) is 15.4. The van der Waals surface area contributed by atoms with Crippen molar-refractivity contribution in [3.05, 3.63) is 70.8 Å². The summed E-state index contributed by atoms with van der Waals surface area (Å²) in [6.07, 6.45) is 0.852. The quantitative estimate of drug-likeness (QED) is 0.106. The Labute approximate surface area is 256 Å². The van der Waals surface area contributed by atoms with Crippen molar-refractivity contribution in [1.29, 1.82) is 0 Å². The molecule has 44 heavy (non-hydrogen) atoms. The fourth-order valence-corrected chi connectivity index (χ4v) is 5.79. The van der Waals surface area contributed by atoms with Crippen LogP contribution in [-0.4, -0.2) is 19.8 Å². The van der Waals surface area contributed by atoms with E-state index in [-0.39, 0.29) is 29.1 Å². The molecule has 0 bridgehead atoms. The van der Waals surface area contributed by atoms with Crippen LogP contribution in [-0.2, 0) is 10.8 Å².